The van der Waals surface area contributed by atoms with Gasteiger partial charge in [-0.15, -0.1) is 0 Å². The molecule has 0 aromatic carbocycles. The predicted octanol–water partition coefficient (Wildman–Crippen LogP) is 1.52. The monoisotopic (exact) mass is 259 g/mol. The van der Waals surface area contributed by atoms with Gasteiger partial charge in [0.1, 0.15) is 5.52 Å². The summed E-state index contributed by atoms with van der Waals surface area (Å²) in [5, 5.41) is 11.8. The molecule has 2 rings (SSSR count). The molecule has 0 fully saturated rings. The van der Waals surface area contributed by atoms with E-state index < -0.39 is 0 Å². The molecule has 100 valence electrons. The van der Waals surface area contributed by atoms with E-state index in [1.807, 2.05) is 18.7 Å². The molecule has 7 heteroatoms. The minimum absolute atomic E-state index is 0.462. The first-order valence-electron chi connectivity index (χ1n) is 6.37. The first-order valence-corrected chi connectivity index (χ1v) is 6.37. The molecule has 0 saturated carbocycles. The van der Waals surface area contributed by atoms with Crippen molar-refractivity contribution in [2.75, 3.05) is 29.9 Å². The van der Waals surface area contributed by atoms with Crippen LogP contribution in [-0.2, 0) is 0 Å². The van der Waals surface area contributed by atoms with Crippen molar-refractivity contribution in [3.05, 3.63) is 6.33 Å². The molecule has 2 aromatic rings. The number of aromatic amines is 1. The zero-order chi connectivity index (χ0) is 13.7. The minimum atomic E-state index is 0.462. The van der Waals surface area contributed by atoms with Gasteiger partial charge in [-0.05, 0) is 13.8 Å². The number of fused-ring (bicyclic) bond motifs is 1. The maximum absolute atomic E-state index is 8.73. The van der Waals surface area contributed by atoms with Gasteiger partial charge in [0.2, 0.25) is 5.95 Å². The van der Waals surface area contributed by atoms with Crippen molar-refractivity contribution in [3.8, 4) is 6.07 Å². The van der Waals surface area contributed by atoms with Crippen LogP contribution in [0.25, 0.3) is 11.2 Å². The van der Waals surface area contributed by atoms with Crippen LogP contribution in [-0.4, -0.2) is 39.6 Å². The van der Waals surface area contributed by atoms with Gasteiger partial charge < -0.3 is 15.2 Å². The Bertz CT molecular complexity index is 583. The molecule has 0 amide bonds. The van der Waals surface area contributed by atoms with Crippen LogP contribution >= 0.6 is 0 Å². The highest BCUT2D eigenvalue weighted by Crippen LogP contribution is 2.22. The van der Waals surface area contributed by atoms with Gasteiger partial charge in [-0.2, -0.15) is 15.2 Å². The van der Waals surface area contributed by atoms with E-state index >= 15 is 0 Å². The zero-order valence-electron chi connectivity index (χ0n) is 11.1. The van der Waals surface area contributed by atoms with Gasteiger partial charge in [0, 0.05) is 19.6 Å². The fraction of sp³-hybridized carbons (Fsp3) is 0.500. The number of nitrogens with one attached hydrogen (secondary N) is 2. The number of nitriles is 1. The van der Waals surface area contributed by atoms with Gasteiger partial charge in [-0.3, -0.25) is 0 Å². The van der Waals surface area contributed by atoms with Gasteiger partial charge >= 0.3 is 0 Å². The molecule has 0 aliphatic carbocycles. The van der Waals surface area contributed by atoms with E-state index in [0.717, 1.165) is 24.4 Å². The third-order valence-electron chi connectivity index (χ3n) is 2.78. The topological polar surface area (TPSA) is 93.5 Å². The smallest absolute Gasteiger partial charge is 0.226 e. The summed E-state index contributed by atoms with van der Waals surface area (Å²) in [5.74, 6) is 1.35. The van der Waals surface area contributed by atoms with Crippen molar-refractivity contribution in [2.45, 2.75) is 20.3 Å². The highest BCUT2D eigenvalue weighted by atomic mass is 15.2. The Kier molecular flexibility index (Phi) is 4.13. The van der Waals surface area contributed by atoms with Gasteiger partial charge in [-0.1, -0.05) is 0 Å². The Hall–Kier alpha value is -2.36. The van der Waals surface area contributed by atoms with E-state index in [2.05, 4.69) is 31.3 Å². The van der Waals surface area contributed by atoms with Crippen molar-refractivity contribution >= 4 is 22.9 Å². The molecule has 0 saturated heterocycles. The lowest BCUT2D eigenvalue weighted by molar-refractivity contribution is 0.812. The number of anilines is 2. The second-order valence-electron chi connectivity index (χ2n) is 3.99. The van der Waals surface area contributed by atoms with Crippen LogP contribution in [0.3, 0.4) is 0 Å². The molecule has 7 nitrogen and oxygen atoms in total. The van der Waals surface area contributed by atoms with Gasteiger partial charge in [0.05, 0.1) is 18.8 Å². The molecule has 0 bridgehead atoms. The summed E-state index contributed by atoms with van der Waals surface area (Å²) in [5.41, 5.74) is 1.44. The van der Waals surface area contributed by atoms with Crippen LogP contribution in [0.5, 0.6) is 0 Å². The maximum Gasteiger partial charge on any atom is 0.226 e. The Balaban J connectivity index is 2.43. The lowest BCUT2D eigenvalue weighted by Gasteiger charge is -2.21. The van der Waals surface area contributed by atoms with Crippen molar-refractivity contribution in [2.24, 2.45) is 0 Å². The van der Waals surface area contributed by atoms with Crippen LogP contribution in [0.4, 0.5) is 11.8 Å². The molecule has 2 N–H and O–H groups in total. The summed E-state index contributed by atoms with van der Waals surface area (Å²) < 4.78 is 0. The molecule has 0 radical (unpaired) electrons. The molecule has 0 spiro atoms. The number of aromatic nitrogens is 4. The first kappa shape index (κ1) is 13.1. The summed E-state index contributed by atoms with van der Waals surface area (Å²) >= 11 is 0. The van der Waals surface area contributed by atoms with E-state index in [4.69, 9.17) is 5.26 Å². The fourth-order valence-corrected chi connectivity index (χ4v) is 1.88. The van der Waals surface area contributed by atoms with Crippen LogP contribution < -0.4 is 10.2 Å². The molecule has 0 aliphatic rings. The summed E-state index contributed by atoms with van der Waals surface area (Å²) in [7, 11) is 0. The predicted molar refractivity (Wildman–Crippen MR) is 74.0 cm³/mol. The zero-order valence-corrected chi connectivity index (χ0v) is 11.1. The Morgan fingerprint density at radius 1 is 1.42 bits per heavy atom. The molecule has 0 unspecified atom stereocenters. The molecular formula is C12H17N7. The Morgan fingerprint density at radius 3 is 2.95 bits per heavy atom. The molecular weight excluding hydrogens is 242 g/mol. The van der Waals surface area contributed by atoms with Crippen LogP contribution in [0, 0.1) is 11.3 Å². The van der Waals surface area contributed by atoms with E-state index in [1.165, 1.54) is 0 Å². The SMILES string of the molecule is CCNc1nc(N(CC)CCC#N)c2[nH]cnc2n1. The van der Waals surface area contributed by atoms with Crippen LogP contribution in [0.15, 0.2) is 6.33 Å². The van der Waals surface area contributed by atoms with E-state index in [-0.39, 0.29) is 0 Å². The number of rotatable bonds is 6. The van der Waals surface area contributed by atoms with E-state index in [1.54, 1.807) is 6.33 Å². The number of hydrogen-bond acceptors (Lipinski definition) is 6. The molecule has 2 aromatic heterocycles. The van der Waals surface area contributed by atoms with Crippen LogP contribution in [0.2, 0.25) is 0 Å². The molecule has 0 atom stereocenters. The second kappa shape index (κ2) is 6.00. The van der Waals surface area contributed by atoms with Gasteiger partial charge in [-0.25, -0.2) is 4.98 Å². The Labute approximate surface area is 111 Å². The lowest BCUT2D eigenvalue weighted by atomic mass is 10.3. The second-order valence-corrected chi connectivity index (χ2v) is 3.99. The number of H-pyrrole nitrogens is 1. The minimum Gasteiger partial charge on any atom is -0.354 e. The maximum atomic E-state index is 8.73. The number of hydrogen-bond donors (Lipinski definition) is 2. The van der Waals surface area contributed by atoms with Gasteiger partial charge in [0.15, 0.2) is 11.5 Å². The normalized spacial score (nSPS) is 10.4. The van der Waals surface area contributed by atoms with Gasteiger partial charge in [0.25, 0.3) is 0 Å². The summed E-state index contributed by atoms with van der Waals surface area (Å²) in [4.78, 5) is 18.1. The standard InChI is InChI=1S/C12H17N7/c1-3-14-12-17-10-9(15-8-16-10)11(18-12)19(4-2)7-5-6-13/h8H,3-5,7H2,1-2H3,(H2,14,15,16,17,18). The van der Waals surface area contributed by atoms with E-state index in [0.29, 0.717) is 24.6 Å². The summed E-state index contributed by atoms with van der Waals surface area (Å²) in [6, 6.07) is 2.16. The highest BCUT2D eigenvalue weighted by Gasteiger charge is 2.14. The van der Waals surface area contributed by atoms with Crippen molar-refractivity contribution in [1.29, 1.82) is 5.26 Å². The summed E-state index contributed by atoms with van der Waals surface area (Å²) in [6.45, 7) is 6.20. The molecule has 0 aliphatic heterocycles. The number of nitrogens with zero attached hydrogens (tertiary/aromatic N) is 5. The van der Waals surface area contributed by atoms with Crippen LogP contribution in [0.1, 0.15) is 20.3 Å². The molecule has 2 heterocycles. The average Bonchev–Trinajstić information content (AvgIpc) is 2.88. The third-order valence-corrected chi connectivity index (χ3v) is 2.78. The number of imidazole rings is 1. The quantitative estimate of drug-likeness (QED) is 0.817. The highest BCUT2D eigenvalue weighted by molar-refractivity contribution is 5.84. The van der Waals surface area contributed by atoms with E-state index in [9.17, 15) is 0 Å². The largest absolute Gasteiger partial charge is 0.354 e. The van der Waals surface area contributed by atoms with Crippen molar-refractivity contribution < 1.29 is 0 Å². The lowest BCUT2D eigenvalue weighted by Crippen LogP contribution is -2.25. The first-order chi connectivity index (χ1) is 9.30. The molecule has 19 heavy (non-hydrogen) atoms. The fourth-order valence-electron chi connectivity index (χ4n) is 1.88. The van der Waals surface area contributed by atoms with Crippen molar-refractivity contribution in [1.82, 2.24) is 19.9 Å². The Morgan fingerprint density at radius 2 is 2.26 bits per heavy atom. The average molecular weight is 259 g/mol. The van der Waals surface area contributed by atoms with Crippen molar-refractivity contribution in [3.63, 3.8) is 0 Å². The third kappa shape index (κ3) is 2.73. The summed E-state index contributed by atoms with van der Waals surface area (Å²) in [6.07, 6.45) is 2.07.